The topological polar surface area (TPSA) is 63.2 Å². The molecule has 8 heteroatoms. The molecule has 2 rings (SSSR count). The Labute approximate surface area is 137 Å². The molecule has 1 N–H and O–H groups in total. The van der Waals surface area contributed by atoms with Crippen molar-refractivity contribution in [3.05, 3.63) is 65.5 Å². The molecule has 0 spiro atoms. The van der Waals surface area contributed by atoms with E-state index in [2.05, 4.69) is 5.32 Å². The highest BCUT2D eigenvalue weighted by Crippen LogP contribution is 2.19. The molecular formula is C16H14F3NO3S. The van der Waals surface area contributed by atoms with Gasteiger partial charge in [-0.25, -0.2) is 12.8 Å². The van der Waals surface area contributed by atoms with E-state index in [1.54, 1.807) is 6.92 Å². The first-order chi connectivity index (χ1) is 11.2. The molecular weight excluding hydrogens is 343 g/mol. The van der Waals surface area contributed by atoms with Gasteiger partial charge in [0.1, 0.15) is 5.82 Å². The number of hydrogen-bond donors (Lipinski definition) is 1. The highest BCUT2D eigenvalue weighted by Gasteiger charge is 2.26. The van der Waals surface area contributed by atoms with Crippen LogP contribution in [0.15, 0.2) is 53.4 Å². The Kier molecular flexibility index (Phi) is 5.28. The first kappa shape index (κ1) is 18.0. The fraction of sp³-hybridized carbons (Fsp3) is 0.188. The van der Waals surface area contributed by atoms with Gasteiger partial charge >= 0.3 is 5.76 Å². The number of carbonyl (C=O) groups excluding carboxylic acids is 1. The number of nitrogens with one attached hydrogen (secondary N) is 1. The lowest BCUT2D eigenvalue weighted by atomic mass is 10.1. The van der Waals surface area contributed by atoms with Gasteiger partial charge in [0.25, 0.3) is 5.91 Å². The summed E-state index contributed by atoms with van der Waals surface area (Å²) in [6.07, 6.45) is 0. The van der Waals surface area contributed by atoms with Gasteiger partial charge in [0, 0.05) is 5.56 Å². The average Bonchev–Trinajstić information content (AvgIpc) is 2.55. The molecule has 128 valence electrons. The number of hydrogen-bond acceptors (Lipinski definition) is 3. The lowest BCUT2D eigenvalue weighted by Gasteiger charge is -2.14. The third-order valence-electron chi connectivity index (χ3n) is 3.40. The molecule has 0 saturated heterocycles. The molecule has 1 atom stereocenters. The molecule has 0 aromatic heterocycles. The van der Waals surface area contributed by atoms with E-state index >= 15 is 0 Å². The molecule has 0 saturated carbocycles. The van der Waals surface area contributed by atoms with Crippen LogP contribution >= 0.6 is 0 Å². The number of alkyl halides is 2. The number of rotatable bonds is 5. The van der Waals surface area contributed by atoms with Crippen LogP contribution in [0.25, 0.3) is 0 Å². The summed E-state index contributed by atoms with van der Waals surface area (Å²) >= 11 is 0. The molecule has 2 aromatic rings. The van der Waals surface area contributed by atoms with E-state index in [4.69, 9.17) is 0 Å². The third kappa shape index (κ3) is 3.94. The maximum atomic E-state index is 12.9. The molecule has 1 amide bonds. The normalized spacial score (nSPS) is 12.9. The molecule has 4 nitrogen and oxygen atoms in total. The summed E-state index contributed by atoms with van der Waals surface area (Å²) in [7, 11) is -4.69. The Balaban J connectivity index is 2.11. The largest absolute Gasteiger partial charge is 0.346 e. The molecule has 0 radical (unpaired) electrons. The van der Waals surface area contributed by atoms with Crippen LogP contribution in [0.4, 0.5) is 13.2 Å². The lowest BCUT2D eigenvalue weighted by Crippen LogP contribution is -2.26. The molecule has 0 heterocycles. The van der Waals surface area contributed by atoms with E-state index in [-0.39, 0.29) is 5.56 Å². The maximum absolute atomic E-state index is 12.9. The van der Waals surface area contributed by atoms with Gasteiger partial charge in [0.05, 0.1) is 10.9 Å². The number of halogens is 3. The zero-order valence-corrected chi connectivity index (χ0v) is 13.4. The summed E-state index contributed by atoms with van der Waals surface area (Å²) in [5, 5.41) is 2.65. The zero-order chi connectivity index (χ0) is 17.9. The Morgan fingerprint density at radius 3 is 2.04 bits per heavy atom. The van der Waals surface area contributed by atoms with Gasteiger partial charge in [-0.3, -0.25) is 4.79 Å². The second-order valence-electron chi connectivity index (χ2n) is 5.08. The predicted octanol–water partition coefficient (Wildman–Crippen LogP) is 3.31. The number of carbonyl (C=O) groups is 1. The number of sulfone groups is 1. The summed E-state index contributed by atoms with van der Waals surface area (Å²) in [4.78, 5) is 11.6. The van der Waals surface area contributed by atoms with E-state index < -0.39 is 38.3 Å². The van der Waals surface area contributed by atoms with E-state index in [1.165, 1.54) is 24.3 Å². The third-order valence-corrected chi connectivity index (χ3v) is 4.80. The highest BCUT2D eigenvalue weighted by atomic mass is 32.2. The molecule has 0 fully saturated rings. The molecule has 0 aliphatic heterocycles. The van der Waals surface area contributed by atoms with Crippen LogP contribution in [0.5, 0.6) is 0 Å². The van der Waals surface area contributed by atoms with E-state index in [0.29, 0.717) is 5.56 Å². The van der Waals surface area contributed by atoms with E-state index in [1.807, 2.05) is 0 Å². The van der Waals surface area contributed by atoms with Crippen LogP contribution in [0, 0.1) is 5.82 Å². The standard InChI is InChI=1S/C16H14F3NO3S/c1-10(11-2-6-13(17)7-3-11)20-15(21)12-4-8-14(9-5-12)24(22,23)16(18)19/h2-10,16H,1H3,(H,20,21)/t10-/m1/s1. The zero-order valence-electron chi connectivity index (χ0n) is 12.5. The minimum absolute atomic E-state index is 0.122. The summed E-state index contributed by atoms with van der Waals surface area (Å²) in [6.45, 7) is 1.70. The van der Waals surface area contributed by atoms with Gasteiger partial charge in [-0.1, -0.05) is 12.1 Å². The van der Waals surface area contributed by atoms with Crippen LogP contribution < -0.4 is 5.32 Å². The van der Waals surface area contributed by atoms with Gasteiger partial charge in [-0.05, 0) is 48.9 Å². The van der Waals surface area contributed by atoms with Crippen LogP contribution in [-0.4, -0.2) is 20.1 Å². The average molecular weight is 357 g/mol. The van der Waals surface area contributed by atoms with Gasteiger partial charge in [-0.2, -0.15) is 8.78 Å². The number of amides is 1. The SMILES string of the molecule is C[C@@H](NC(=O)c1ccc(S(=O)(=O)C(F)F)cc1)c1ccc(F)cc1. The Hall–Kier alpha value is -2.35. The van der Waals surface area contributed by atoms with Crippen molar-refractivity contribution in [1.29, 1.82) is 0 Å². The summed E-state index contributed by atoms with van der Waals surface area (Å²) in [6, 6.07) is 9.39. The fourth-order valence-corrected chi connectivity index (χ4v) is 2.73. The quantitative estimate of drug-likeness (QED) is 0.893. The minimum Gasteiger partial charge on any atom is -0.346 e. The van der Waals surface area contributed by atoms with Crippen molar-refractivity contribution in [2.24, 2.45) is 0 Å². The molecule has 24 heavy (non-hydrogen) atoms. The van der Waals surface area contributed by atoms with Crippen LogP contribution in [0.2, 0.25) is 0 Å². The van der Waals surface area contributed by atoms with Crippen molar-refractivity contribution in [3.63, 3.8) is 0 Å². The van der Waals surface area contributed by atoms with Gasteiger partial charge < -0.3 is 5.32 Å². The summed E-state index contributed by atoms with van der Waals surface area (Å²) < 4.78 is 60.4. The van der Waals surface area contributed by atoms with Gasteiger partial charge in [0.15, 0.2) is 0 Å². The van der Waals surface area contributed by atoms with Crippen molar-refractivity contribution >= 4 is 15.7 Å². The van der Waals surface area contributed by atoms with Crippen molar-refractivity contribution < 1.29 is 26.4 Å². The number of benzene rings is 2. The summed E-state index contributed by atoms with van der Waals surface area (Å²) in [5.74, 6) is -4.42. The Morgan fingerprint density at radius 2 is 1.54 bits per heavy atom. The monoisotopic (exact) mass is 357 g/mol. The van der Waals surface area contributed by atoms with E-state index in [0.717, 1.165) is 24.3 Å². The first-order valence-corrected chi connectivity index (χ1v) is 8.45. The van der Waals surface area contributed by atoms with Gasteiger partial charge in [0.2, 0.25) is 9.84 Å². The molecule has 2 aromatic carbocycles. The minimum atomic E-state index is -4.69. The Morgan fingerprint density at radius 1 is 1.00 bits per heavy atom. The van der Waals surface area contributed by atoms with Crippen LogP contribution in [0.3, 0.4) is 0 Å². The molecule has 0 aliphatic carbocycles. The molecule has 0 unspecified atom stereocenters. The fourth-order valence-electron chi connectivity index (χ4n) is 2.01. The molecule has 0 aliphatic rings. The van der Waals surface area contributed by atoms with Crippen molar-refractivity contribution in [1.82, 2.24) is 5.32 Å². The Bertz CT molecular complexity index is 819. The summed E-state index contributed by atoms with van der Waals surface area (Å²) in [5.41, 5.74) is 0.804. The van der Waals surface area contributed by atoms with Crippen LogP contribution in [-0.2, 0) is 9.84 Å². The molecule has 0 bridgehead atoms. The van der Waals surface area contributed by atoms with Crippen molar-refractivity contribution in [3.8, 4) is 0 Å². The van der Waals surface area contributed by atoms with Crippen LogP contribution in [0.1, 0.15) is 28.9 Å². The van der Waals surface area contributed by atoms with Crippen molar-refractivity contribution in [2.75, 3.05) is 0 Å². The lowest BCUT2D eigenvalue weighted by molar-refractivity contribution is 0.0940. The predicted molar refractivity (Wildman–Crippen MR) is 81.9 cm³/mol. The smallest absolute Gasteiger partial charge is 0.341 e. The van der Waals surface area contributed by atoms with E-state index in [9.17, 15) is 26.4 Å². The second kappa shape index (κ2) is 7.04. The van der Waals surface area contributed by atoms with Crippen molar-refractivity contribution in [2.45, 2.75) is 23.6 Å². The highest BCUT2D eigenvalue weighted by molar-refractivity contribution is 7.91. The second-order valence-corrected chi connectivity index (χ2v) is 6.99. The first-order valence-electron chi connectivity index (χ1n) is 6.90. The van der Waals surface area contributed by atoms with Gasteiger partial charge in [-0.15, -0.1) is 0 Å². The maximum Gasteiger partial charge on any atom is 0.341 e.